The number of halogens is 1. The van der Waals surface area contributed by atoms with Crippen LogP contribution in [0.5, 0.6) is 0 Å². The van der Waals surface area contributed by atoms with E-state index in [-0.39, 0.29) is 17.5 Å². The Labute approximate surface area is 161 Å². The third kappa shape index (κ3) is 3.51. The average Bonchev–Trinajstić information content (AvgIpc) is 3.13. The van der Waals surface area contributed by atoms with Gasteiger partial charge in [0.1, 0.15) is 0 Å². The molecule has 1 unspecified atom stereocenters. The van der Waals surface area contributed by atoms with Crippen molar-refractivity contribution in [1.29, 1.82) is 0 Å². The minimum atomic E-state index is -0.110. The van der Waals surface area contributed by atoms with Crippen molar-refractivity contribution in [2.45, 2.75) is 44.2 Å². The van der Waals surface area contributed by atoms with E-state index in [1.54, 1.807) is 6.07 Å². The van der Waals surface area contributed by atoms with Gasteiger partial charge in [-0.15, -0.1) is 0 Å². The summed E-state index contributed by atoms with van der Waals surface area (Å²) in [6.07, 6.45) is 4.51. The highest BCUT2D eigenvalue weighted by Crippen LogP contribution is 2.43. The summed E-state index contributed by atoms with van der Waals surface area (Å²) in [5.74, 6) is -0.110. The predicted molar refractivity (Wildman–Crippen MR) is 108 cm³/mol. The molecule has 0 bridgehead atoms. The van der Waals surface area contributed by atoms with E-state index in [0.29, 0.717) is 10.6 Å². The van der Waals surface area contributed by atoms with Gasteiger partial charge in [-0.05, 0) is 51.1 Å². The third-order valence-electron chi connectivity index (χ3n) is 5.74. The lowest BCUT2D eigenvalue weighted by atomic mass is 9.82. The van der Waals surface area contributed by atoms with E-state index >= 15 is 0 Å². The first kappa shape index (κ1) is 18.9. The minimum Gasteiger partial charge on any atom is -0.343 e. The smallest absolute Gasteiger partial charge is 0.253 e. The zero-order valence-corrected chi connectivity index (χ0v) is 16.5. The summed E-state index contributed by atoms with van der Waals surface area (Å²) in [7, 11) is 4.24. The number of aryl methyl sites for hydroxylation is 1. The zero-order chi connectivity index (χ0) is 18.7. The van der Waals surface area contributed by atoms with Gasteiger partial charge < -0.3 is 10.2 Å². The van der Waals surface area contributed by atoms with Crippen LogP contribution >= 0.6 is 11.6 Å². The van der Waals surface area contributed by atoms with Gasteiger partial charge >= 0.3 is 0 Å². The summed E-state index contributed by atoms with van der Waals surface area (Å²) in [4.78, 5) is 15.4. The van der Waals surface area contributed by atoms with Crippen molar-refractivity contribution < 1.29 is 4.79 Å². The average molecular weight is 371 g/mol. The fourth-order valence-corrected chi connectivity index (χ4v) is 4.40. The van der Waals surface area contributed by atoms with Crippen LogP contribution < -0.4 is 5.32 Å². The molecule has 0 aromatic heterocycles. The lowest BCUT2D eigenvalue weighted by molar-refractivity contribution is 0.0766. The zero-order valence-electron chi connectivity index (χ0n) is 15.8. The predicted octanol–water partition coefficient (Wildman–Crippen LogP) is 4.99. The molecule has 3 rings (SSSR count). The summed E-state index contributed by atoms with van der Waals surface area (Å²) < 4.78 is 0. The summed E-state index contributed by atoms with van der Waals surface area (Å²) >= 11 is 6.40. The van der Waals surface area contributed by atoms with Crippen molar-refractivity contribution >= 4 is 17.5 Å². The van der Waals surface area contributed by atoms with Gasteiger partial charge in [-0.1, -0.05) is 66.9 Å². The van der Waals surface area contributed by atoms with Crippen molar-refractivity contribution in [3.63, 3.8) is 0 Å². The highest BCUT2D eigenvalue weighted by Gasteiger charge is 2.44. The van der Waals surface area contributed by atoms with E-state index in [4.69, 9.17) is 11.6 Å². The van der Waals surface area contributed by atoms with Crippen molar-refractivity contribution in [3.8, 4) is 0 Å². The van der Waals surface area contributed by atoms with Crippen LogP contribution in [-0.2, 0) is 0 Å². The Morgan fingerprint density at radius 2 is 1.73 bits per heavy atom. The van der Waals surface area contributed by atoms with E-state index in [1.165, 1.54) is 12.8 Å². The van der Waals surface area contributed by atoms with Gasteiger partial charge in [0.05, 0.1) is 16.6 Å². The van der Waals surface area contributed by atoms with Crippen LogP contribution in [0, 0.1) is 6.92 Å². The quantitative estimate of drug-likeness (QED) is 0.803. The van der Waals surface area contributed by atoms with Crippen LogP contribution in [0.2, 0.25) is 5.02 Å². The number of hydrogen-bond donors (Lipinski definition) is 1. The number of nitrogens with zero attached hydrogens (tertiary/aromatic N) is 1. The van der Waals surface area contributed by atoms with E-state index in [2.05, 4.69) is 36.4 Å². The van der Waals surface area contributed by atoms with Crippen LogP contribution in [0.25, 0.3) is 0 Å². The molecule has 0 heterocycles. The number of likely N-dealkylation sites (N-methyl/N-ethyl adjacent to an activating group) is 1. The van der Waals surface area contributed by atoms with Gasteiger partial charge in [0.15, 0.2) is 0 Å². The van der Waals surface area contributed by atoms with Crippen LogP contribution in [0.4, 0.5) is 0 Å². The van der Waals surface area contributed by atoms with Crippen LogP contribution in [0.1, 0.15) is 53.2 Å². The maximum absolute atomic E-state index is 13.1. The van der Waals surface area contributed by atoms with Crippen molar-refractivity contribution in [3.05, 3.63) is 70.2 Å². The standard InChI is InChI=1S/C22H27ClN2O/c1-16-10-9-13-18(19(16)23)21(26)24-20(17-11-5-4-6-12-17)22(25(2)3)14-7-8-15-22/h4-6,9-13,20H,7-8,14-15H2,1-3H3,(H,24,26). The number of rotatable bonds is 5. The first-order valence-electron chi connectivity index (χ1n) is 9.24. The Bertz CT molecular complexity index is 767. The van der Waals surface area contributed by atoms with Crippen LogP contribution in [0.3, 0.4) is 0 Å². The molecule has 26 heavy (non-hydrogen) atoms. The van der Waals surface area contributed by atoms with Gasteiger partial charge in [-0.3, -0.25) is 4.79 Å². The Kier molecular flexibility index (Phi) is 5.69. The molecule has 1 aliphatic carbocycles. The summed E-state index contributed by atoms with van der Waals surface area (Å²) in [5.41, 5.74) is 2.52. The molecule has 1 aliphatic rings. The fraction of sp³-hybridized carbons (Fsp3) is 0.409. The minimum absolute atomic E-state index is 0.0761. The Balaban J connectivity index is 1.99. The molecule has 0 radical (unpaired) electrons. The monoisotopic (exact) mass is 370 g/mol. The second kappa shape index (κ2) is 7.81. The summed E-state index contributed by atoms with van der Waals surface area (Å²) in [6.45, 7) is 1.92. The largest absolute Gasteiger partial charge is 0.343 e. The maximum atomic E-state index is 13.1. The first-order chi connectivity index (χ1) is 12.5. The SMILES string of the molecule is Cc1cccc(C(=O)NC(c2ccccc2)C2(N(C)C)CCCC2)c1Cl. The molecule has 2 aromatic rings. The van der Waals surface area contributed by atoms with Gasteiger partial charge in [0.2, 0.25) is 0 Å². The molecule has 1 N–H and O–H groups in total. The number of nitrogens with one attached hydrogen (secondary N) is 1. The second-order valence-corrected chi connectivity index (χ2v) is 7.84. The summed E-state index contributed by atoms with van der Waals surface area (Å²) in [6, 6.07) is 15.8. The van der Waals surface area contributed by atoms with E-state index in [0.717, 1.165) is 24.0 Å². The molecule has 1 saturated carbocycles. The van der Waals surface area contributed by atoms with Gasteiger partial charge in [-0.25, -0.2) is 0 Å². The van der Waals surface area contributed by atoms with E-state index in [9.17, 15) is 4.79 Å². The van der Waals surface area contributed by atoms with Crippen molar-refractivity contribution in [1.82, 2.24) is 10.2 Å². The number of carbonyl (C=O) groups excluding carboxylic acids is 1. The molecule has 1 fully saturated rings. The first-order valence-corrected chi connectivity index (χ1v) is 9.62. The molecule has 0 spiro atoms. The second-order valence-electron chi connectivity index (χ2n) is 7.46. The molecular formula is C22H27ClN2O. The highest BCUT2D eigenvalue weighted by molar-refractivity contribution is 6.34. The van der Waals surface area contributed by atoms with E-state index in [1.807, 2.05) is 37.3 Å². The van der Waals surface area contributed by atoms with Crippen molar-refractivity contribution in [2.75, 3.05) is 14.1 Å². The molecule has 0 saturated heterocycles. The van der Waals surface area contributed by atoms with Crippen molar-refractivity contribution in [2.24, 2.45) is 0 Å². The molecular weight excluding hydrogens is 344 g/mol. The number of carbonyl (C=O) groups is 1. The van der Waals surface area contributed by atoms with Gasteiger partial charge in [-0.2, -0.15) is 0 Å². The molecule has 1 amide bonds. The van der Waals surface area contributed by atoms with Crippen LogP contribution in [-0.4, -0.2) is 30.4 Å². The molecule has 3 nitrogen and oxygen atoms in total. The lowest BCUT2D eigenvalue weighted by Crippen LogP contribution is -2.53. The molecule has 0 aliphatic heterocycles. The molecule has 1 atom stereocenters. The van der Waals surface area contributed by atoms with E-state index < -0.39 is 0 Å². The number of amides is 1. The maximum Gasteiger partial charge on any atom is 0.253 e. The molecule has 4 heteroatoms. The third-order valence-corrected chi connectivity index (χ3v) is 6.24. The lowest BCUT2D eigenvalue weighted by Gasteiger charge is -2.44. The Hall–Kier alpha value is -1.84. The number of benzene rings is 2. The fourth-order valence-electron chi connectivity index (χ4n) is 4.19. The number of hydrogen-bond acceptors (Lipinski definition) is 2. The Morgan fingerprint density at radius 3 is 2.35 bits per heavy atom. The Morgan fingerprint density at radius 1 is 1.08 bits per heavy atom. The van der Waals surface area contributed by atoms with Gasteiger partial charge in [0, 0.05) is 5.54 Å². The topological polar surface area (TPSA) is 32.3 Å². The highest BCUT2D eigenvalue weighted by atomic mass is 35.5. The summed E-state index contributed by atoms with van der Waals surface area (Å²) in [5, 5.41) is 3.85. The molecule has 2 aromatic carbocycles. The normalized spacial score (nSPS) is 17.3. The van der Waals surface area contributed by atoms with Gasteiger partial charge in [0.25, 0.3) is 5.91 Å². The molecule has 138 valence electrons. The van der Waals surface area contributed by atoms with Crippen LogP contribution in [0.15, 0.2) is 48.5 Å².